The van der Waals surface area contributed by atoms with Crippen LogP contribution in [-0.4, -0.2) is 54.0 Å². The normalized spacial score (nSPS) is 11.5. The summed E-state index contributed by atoms with van der Waals surface area (Å²) in [5.41, 5.74) is 11.6. The van der Waals surface area contributed by atoms with Crippen molar-refractivity contribution in [2.75, 3.05) is 18.5 Å². The Morgan fingerprint density at radius 3 is 2.32 bits per heavy atom. The number of carboxylic acids is 1. The van der Waals surface area contributed by atoms with E-state index in [1.807, 2.05) is 20.8 Å². The second-order valence-corrected chi connectivity index (χ2v) is 9.35. The topological polar surface area (TPSA) is 198 Å². The van der Waals surface area contributed by atoms with Crippen LogP contribution in [0, 0.1) is 5.41 Å². The number of nitrogens with two attached hydrogens (primary N) is 2. The Balaban J connectivity index is 1.95. The van der Waals surface area contributed by atoms with Crippen LogP contribution in [0.25, 0.3) is 0 Å². The Kier molecular flexibility index (Phi) is 9.99. The second kappa shape index (κ2) is 12.9. The van der Waals surface area contributed by atoms with Gasteiger partial charge in [-0.2, -0.15) is 0 Å². The van der Waals surface area contributed by atoms with Gasteiger partial charge >= 0.3 is 5.97 Å². The largest absolute Gasteiger partial charge is 0.493 e. The van der Waals surface area contributed by atoms with E-state index in [1.54, 1.807) is 36.4 Å². The number of hydrogen-bond acceptors (Lipinski definition) is 6. The third kappa shape index (κ3) is 10.7. The highest BCUT2D eigenvalue weighted by atomic mass is 16.5. The molecule has 2 aromatic carbocycles. The van der Waals surface area contributed by atoms with Crippen LogP contribution in [0.4, 0.5) is 11.4 Å². The number of guanidine groups is 1. The van der Waals surface area contributed by atoms with Gasteiger partial charge in [-0.3, -0.25) is 19.2 Å². The number of benzene rings is 2. The molecule has 198 valence electrons. The number of carboxylic acid groups (broad SMARTS) is 1. The average Bonchev–Trinajstić information content (AvgIpc) is 2.80. The Bertz CT molecular complexity index is 1150. The van der Waals surface area contributed by atoms with E-state index >= 15 is 0 Å². The van der Waals surface area contributed by atoms with Gasteiger partial charge in [0.15, 0.2) is 5.96 Å². The average molecular weight is 513 g/mol. The highest BCUT2D eigenvalue weighted by molar-refractivity contribution is 6.00. The number of nitrogens with zero attached hydrogens (tertiary/aromatic N) is 1. The van der Waals surface area contributed by atoms with Crippen molar-refractivity contribution in [3.63, 3.8) is 0 Å². The molecular formula is C25H32N6O6. The molecule has 0 bridgehead atoms. The van der Waals surface area contributed by atoms with E-state index in [4.69, 9.17) is 16.2 Å². The summed E-state index contributed by atoms with van der Waals surface area (Å²) in [6, 6.07) is 11.2. The summed E-state index contributed by atoms with van der Waals surface area (Å²) in [4.78, 5) is 52.5. The Labute approximate surface area is 214 Å². The molecule has 0 unspecified atom stereocenters. The summed E-state index contributed by atoms with van der Waals surface area (Å²) in [5.74, 6) is -2.91. The van der Waals surface area contributed by atoms with Gasteiger partial charge in [-0.1, -0.05) is 26.8 Å². The lowest BCUT2D eigenvalue weighted by Gasteiger charge is -2.19. The smallest absolute Gasteiger partial charge is 0.305 e. The molecule has 0 spiro atoms. The van der Waals surface area contributed by atoms with Crippen molar-refractivity contribution >= 4 is 41.0 Å². The van der Waals surface area contributed by atoms with Crippen molar-refractivity contribution in [2.45, 2.75) is 33.2 Å². The van der Waals surface area contributed by atoms with Gasteiger partial charge in [0.2, 0.25) is 11.8 Å². The fourth-order valence-corrected chi connectivity index (χ4v) is 2.92. The van der Waals surface area contributed by atoms with Gasteiger partial charge in [-0.05, 0) is 47.9 Å². The second-order valence-electron chi connectivity index (χ2n) is 9.35. The zero-order valence-electron chi connectivity index (χ0n) is 20.9. The number of rotatable bonds is 11. The van der Waals surface area contributed by atoms with Crippen LogP contribution in [0.2, 0.25) is 0 Å². The number of hydrogen-bond donors (Lipinski definition) is 6. The number of aliphatic imine (C=N–C) groups is 1. The molecule has 8 N–H and O–H groups in total. The SMILES string of the molecule is CC(C)(C)COc1ccc(NC(=O)[C@H](CC(=O)O)NC(=O)CNC(=O)c2cccc(N=C(N)N)c2)cc1. The first-order valence-corrected chi connectivity index (χ1v) is 11.4. The van der Waals surface area contributed by atoms with Crippen LogP contribution in [-0.2, 0) is 14.4 Å². The fraction of sp³-hybridized carbons (Fsp3) is 0.320. The van der Waals surface area contributed by atoms with Crippen molar-refractivity contribution in [3.8, 4) is 5.75 Å². The van der Waals surface area contributed by atoms with Crippen molar-refractivity contribution in [1.29, 1.82) is 0 Å². The van der Waals surface area contributed by atoms with E-state index in [2.05, 4.69) is 20.9 Å². The molecule has 37 heavy (non-hydrogen) atoms. The Morgan fingerprint density at radius 2 is 1.73 bits per heavy atom. The van der Waals surface area contributed by atoms with E-state index in [-0.39, 0.29) is 16.9 Å². The number of amides is 3. The molecular weight excluding hydrogens is 480 g/mol. The maximum absolute atomic E-state index is 12.7. The lowest BCUT2D eigenvalue weighted by atomic mass is 9.99. The molecule has 0 aromatic heterocycles. The van der Waals surface area contributed by atoms with Crippen LogP contribution in [0.15, 0.2) is 53.5 Å². The van der Waals surface area contributed by atoms with Gasteiger partial charge < -0.3 is 37.3 Å². The first kappa shape index (κ1) is 28.6. The predicted molar refractivity (Wildman–Crippen MR) is 138 cm³/mol. The monoisotopic (exact) mass is 512 g/mol. The van der Waals surface area contributed by atoms with Crippen molar-refractivity contribution in [2.24, 2.45) is 21.9 Å². The van der Waals surface area contributed by atoms with E-state index in [0.29, 0.717) is 23.7 Å². The van der Waals surface area contributed by atoms with Crippen LogP contribution in [0.5, 0.6) is 5.75 Å². The van der Waals surface area contributed by atoms with Crippen LogP contribution in [0.1, 0.15) is 37.6 Å². The predicted octanol–water partition coefficient (Wildman–Crippen LogP) is 1.34. The quantitative estimate of drug-likeness (QED) is 0.191. The van der Waals surface area contributed by atoms with Gasteiger partial charge in [0.05, 0.1) is 25.3 Å². The molecule has 12 nitrogen and oxygen atoms in total. The lowest BCUT2D eigenvalue weighted by molar-refractivity contribution is -0.139. The van der Waals surface area contributed by atoms with Crippen LogP contribution < -0.4 is 32.2 Å². The van der Waals surface area contributed by atoms with Crippen LogP contribution in [0.3, 0.4) is 0 Å². The minimum absolute atomic E-state index is 0.0216. The molecule has 3 amide bonds. The van der Waals surface area contributed by atoms with E-state index in [0.717, 1.165) is 0 Å². The minimum Gasteiger partial charge on any atom is -0.493 e. The van der Waals surface area contributed by atoms with Crippen molar-refractivity contribution in [3.05, 3.63) is 54.1 Å². The minimum atomic E-state index is -1.37. The van der Waals surface area contributed by atoms with E-state index in [1.165, 1.54) is 12.1 Å². The zero-order chi connectivity index (χ0) is 27.6. The highest BCUT2D eigenvalue weighted by Crippen LogP contribution is 2.20. The van der Waals surface area contributed by atoms with E-state index < -0.39 is 42.7 Å². The number of carbonyl (C=O) groups is 4. The van der Waals surface area contributed by atoms with E-state index in [9.17, 15) is 24.3 Å². The molecule has 2 aromatic rings. The molecule has 2 rings (SSSR count). The number of aliphatic carboxylic acids is 1. The van der Waals surface area contributed by atoms with Gasteiger partial charge in [0, 0.05) is 11.3 Å². The molecule has 0 aliphatic heterocycles. The third-order valence-electron chi connectivity index (χ3n) is 4.60. The van der Waals surface area contributed by atoms with Gasteiger partial charge in [-0.25, -0.2) is 4.99 Å². The zero-order valence-corrected chi connectivity index (χ0v) is 20.9. The molecule has 1 atom stereocenters. The van der Waals surface area contributed by atoms with Gasteiger partial charge in [0.1, 0.15) is 11.8 Å². The molecule has 0 saturated heterocycles. The number of nitrogens with one attached hydrogen (secondary N) is 3. The van der Waals surface area contributed by atoms with Gasteiger partial charge in [0.25, 0.3) is 5.91 Å². The number of anilines is 1. The summed E-state index contributed by atoms with van der Waals surface area (Å²) in [6.07, 6.45) is -0.654. The molecule has 12 heteroatoms. The maximum Gasteiger partial charge on any atom is 0.305 e. The lowest BCUT2D eigenvalue weighted by Crippen LogP contribution is -2.48. The molecule has 0 fully saturated rings. The van der Waals surface area contributed by atoms with Crippen molar-refractivity contribution in [1.82, 2.24) is 10.6 Å². The summed E-state index contributed by atoms with van der Waals surface area (Å²) < 4.78 is 5.69. The summed E-state index contributed by atoms with van der Waals surface area (Å²) >= 11 is 0. The number of carbonyl (C=O) groups excluding carboxylic acids is 3. The summed E-state index contributed by atoms with van der Waals surface area (Å²) in [7, 11) is 0. The first-order valence-electron chi connectivity index (χ1n) is 11.4. The van der Waals surface area contributed by atoms with Crippen LogP contribution >= 0.6 is 0 Å². The molecule has 0 saturated carbocycles. The first-order chi connectivity index (χ1) is 17.3. The number of ether oxygens (including phenoxy) is 1. The molecule has 0 heterocycles. The Morgan fingerprint density at radius 1 is 1.05 bits per heavy atom. The fourth-order valence-electron chi connectivity index (χ4n) is 2.92. The molecule has 0 aliphatic rings. The Hall–Kier alpha value is -4.61. The highest BCUT2D eigenvalue weighted by Gasteiger charge is 2.24. The summed E-state index contributed by atoms with van der Waals surface area (Å²) in [6.45, 7) is 6.13. The standard InChI is InChI=1S/C25H32N6O6/c1-25(2,3)14-37-18-9-7-16(8-10-18)29-23(36)19(12-21(33)34)31-20(32)13-28-22(35)15-5-4-6-17(11-15)30-24(26)27/h4-11,19H,12-14H2,1-3H3,(H,28,35)(H,29,36)(H,31,32)(H,33,34)(H4,26,27,30)/t19-/m0/s1. The maximum atomic E-state index is 12.7. The molecule has 0 radical (unpaired) electrons. The van der Waals surface area contributed by atoms with Gasteiger partial charge in [-0.15, -0.1) is 0 Å². The summed E-state index contributed by atoms with van der Waals surface area (Å²) in [5, 5.41) is 16.5. The third-order valence-corrected chi connectivity index (χ3v) is 4.60. The van der Waals surface area contributed by atoms with Crippen molar-refractivity contribution < 1.29 is 29.0 Å². The molecule has 0 aliphatic carbocycles.